The second-order valence-electron chi connectivity index (χ2n) is 5.31. The third kappa shape index (κ3) is 3.07. The molecule has 1 atom stereocenters. The van der Waals surface area contributed by atoms with E-state index in [9.17, 15) is 19.5 Å². The van der Waals surface area contributed by atoms with Gasteiger partial charge in [-0.3, -0.25) is 20.2 Å². The fourth-order valence-electron chi connectivity index (χ4n) is 2.13. The molecule has 4 amide bonds. The summed E-state index contributed by atoms with van der Waals surface area (Å²) in [5, 5.41) is 13.7. The Labute approximate surface area is 106 Å². The van der Waals surface area contributed by atoms with Crippen molar-refractivity contribution in [2.24, 2.45) is 11.3 Å². The number of nitrogens with one attached hydrogen (secondary N) is 2. The predicted molar refractivity (Wildman–Crippen MR) is 64.5 cm³/mol. The summed E-state index contributed by atoms with van der Waals surface area (Å²) in [5.74, 6) is -0.898. The molecular formula is C12H20N2O4. The molecule has 1 aliphatic heterocycles. The Bertz CT molecular complexity index is 343. The third-order valence-electron chi connectivity index (χ3n) is 3.12. The topological polar surface area (TPSA) is 95.5 Å². The number of hydrogen-bond donors (Lipinski definition) is 3. The van der Waals surface area contributed by atoms with Gasteiger partial charge in [0.05, 0.1) is 6.10 Å². The van der Waals surface area contributed by atoms with Crippen LogP contribution in [0.5, 0.6) is 0 Å². The number of barbiturate groups is 1. The summed E-state index contributed by atoms with van der Waals surface area (Å²) in [6, 6.07) is -0.796. The first-order valence-electron chi connectivity index (χ1n) is 6.13. The van der Waals surface area contributed by atoms with Crippen molar-refractivity contribution >= 4 is 17.8 Å². The Kier molecular flexibility index (Phi) is 4.45. The molecule has 0 spiro atoms. The summed E-state index contributed by atoms with van der Waals surface area (Å²) >= 11 is 0. The molecule has 1 heterocycles. The minimum absolute atomic E-state index is 0.0185. The summed E-state index contributed by atoms with van der Waals surface area (Å²) in [4.78, 5) is 35.0. The highest BCUT2D eigenvalue weighted by atomic mass is 16.3. The Balaban J connectivity index is 2.97. The van der Waals surface area contributed by atoms with Crippen LogP contribution in [-0.2, 0) is 9.59 Å². The van der Waals surface area contributed by atoms with Gasteiger partial charge in [-0.15, -0.1) is 0 Å². The molecule has 1 rings (SSSR count). The van der Waals surface area contributed by atoms with Crippen molar-refractivity contribution in [2.45, 2.75) is 46.1 Å². The van der Waals surface area contributed by atoms with E-state index in [1.165, 1.54) is 6.92 Å². The molecule has 1 aliphatic rings. The molecule has 1 saturated heterocycles. The molecule has 6 nitrogen and oxygen atoms in total. The highest BCUT2D eigenvalue weighted by molar-refractivity contribution is 6.19. The Morgan fingerprint density at radius 3 is 2.00 bits per heavy atom. The maximum atomic E-state index is 12.0. The first-order valence-corrected chi connectivity index (χ1v) is 6.13. The molecule has 0 aromatic rings. The Hall–Kier alpha value is -1.43. The first-order chi connectivity index (χ1) is 8.28. The van der Waals surface area contributed by atoms with Gasteiger partial charge in [0.2, 0.25) is 11.8 Å². The van der Waals surface area contributed by atoms with Crippen LogP contribution < -0.4 is 10.6 Å². The maximum absolute atomic E-state index is 12.0. The first kappa shape index (κ1) is 14.6. The smallest absolute Gasteiger partial charge is 0.328 e. The highest BCUT2D eigenvalue weighted by Crippen LogP contribution is 2.33. The van der Waals surface area contributed by atoms with Crippen LogP contribution in [-0.4, -0.2) is 29.1 Å². The Morgan fingerprint density at radius 1 is 1.11 bits per heavy atom. The SMILES string of the molecule is CC(C)CCC1(CC(C)O)C(=O)NC(=O)NC1=O. The van der Waals surface area contributed by atoms with E-state index >= 15 is 0 Å². The fourth-order valence-corrected chi connectivity index (χ4v) is 2.13. The molecular weight excluding hydrogens is 236 g/mol. The van der Waals surface area contributed by atoms with Crippen LogP contribution in [0.15, 0.2) is 0 Å². The molecule has 6 heteroatoms. The predicted octanol–water partition coefficient (Wildman–Crippen LogP) is 0.546. The van der Waals surface area contributed by atoms with Crippen LogP contribution in [0.4, 0.5) is 4.79 Å². The molecule has 0 radical (unpaired) electrons. The minimum Gasteiger partial charge on any atom is -0.393 e. The van der Waals surface area contributed by atoms with E-state index in [4.69, 9.17) is 0 Å². The lowest BCUT2D eigenvalue weighted by Gasteiger charge is -2.35. The molecule has 0 aromatic heterocycles. The Morgan fingerprint density at radius 2 is 1.61 bits per heavy atom. The lowest BCUT2D eigenvalue weighted by atomic mass is 9.74. The largest absolute Gasteiger partial charge is 0.393 e. The number of carbonyl (C=O) groups excluding carboxylic acids is 3. The molecule has 102 valence electrons. The van der Waals surface area contributed by atoms with Crippen molar-refractivity contribution in [1.82, 2.24) is 10.6 Å². The average Bonchev–Trinajstić information content (AvgIpc) is 2.21. The second-order valence-corrected chi connectivity index (χ2v) is 5.31. The van der Waals surface area contributed by atoms with Crippen molar-refractivity contribution in [3.63, 3.8) is 0 Å². The second kappa shape index (κ2) is 5.48. The van der Waals surface area contributed by atoms with Crippen molar-refractivity contribution in [3.8, 4) is 0 Å². The summed E-state index contributed by atoms with van der Waals surface area (Å²) < 4.78 is 0. The molecule has 0 bridgehead atoms. The van der Waals surface area contributed by atoms with Crippen LogP contribution in [0, 0.1) is 11.3 Å². The van der Waals surface area contributed by atoms with Gasteiger partial charge < -0.3 is 5.11 Å². The standard InChI is InChI=1S/C12H20N2O4/c1-7(2)4-5-12(6-8(3)15)9(16)13-11(18)14-10(12)17/h7-8,15H,4-6H2,1-3H3,(H2,13,14,16,17,18). The maximum Gasteiger partial charge on any atom is 0.328 e. The summed E-state index contributed by atoms with van der Waals surface area (Å²) in [7, 11) is 0. The average molecular weight is 256 g/mol. The van der Waals surface area contributed by atoms with Gasteiger partial charge in [0.25, 0.3) is 0 Å². The van der Waals surface area contributed by atoms with Gasteiger partial charge in [0.15, 0.2) is 0 Å². The van der Waals surface area contributed by atoms with Crippen LogP contribution in [0.1, 0.15) is 40.0 Å². The van der Waals surface area contributed by atoms with E-state index in [-0.39, 0.29) is 6.42 Å². The van der Waals surface area contributed by atoms with Crippen LogP contribution in [0.25, 0.3) is 0 Å². The van der Waals surface area contributed by atoms with E-state index in [2.05, 4.69) is 10.6 Å². The van der Waals surface area contributed by atoms with Gasteiger partial charge in [-0.1, -0.05) is 13.8 Å². The van der Waals surface area contributed by atoms with E-state index in [1.54, 1.807) is 0 Å². The van der Waals surface area contributed by atoms with Crippen LogP contribution >= 0.6 is 0 Å². The lowest BCUT2D eigenvalue weighted by Crippen LogP contribution is -2.63. The van der Waals surface area contributed by atoms with Gasteiger partial charge in [0.1, 0.15) is 5.41 Å². The molecule has 3 N–H and O–H groups in total. The number of rotatable bonds is 5. The van der Waals surface area contributed by atoms with Crippen LogP contribution in [0.3, 0.4) is 0 Å². The fraction of sp³-hybridized carbons (Fsp3) is 0.750. The number of hydrogen-bond acceptors (Lipinski definition) is 4. The number of aliphatic hydroxyl groups excluding tert-OH is 1. The third-order valence-corrected chi connectivity index (χ3v) is 3.12. The lowest BCUT2D eigenvalue weighted by molar-refractivity contribution is -0.147. The number of imide groups is 2. The van der Waals surface area contributed by atoms with Gasteiger partial charge in [0, 0.05) is 0 Å². The number of amides is 4. The molecule has 1 unspecified atom stereocenters. The molecule has 0 saturated carbocycles. The van der Waals surface area contributed by atoms with Gasteiger partial charge in [-0.05, 0) is 32.1 Å². The van der Waals surface area contributed by atoms with Crippen molar-refractivity contribution in [2.75, 3.05) is 0 Å². The zero-order chi connectivity index (χ0) is 13.9. The summed E-state index contributed by atoms with van der Waals surface area (Å²) in [5.41, 5.74) is -1.34. The van der Waals surface area contributed by atoms with E-state index < -0.39 is 29.4 Å². The van der Waals surface area contributed by atoms with Crippen molar-refractivity contribution in [3.05, 3.63) is 0 Å². The van der Waals surface area contributed by atoms with Crippen molar-refractivity contribution < 1.29 is 19.5 Å². The zero-order valence-electron chi connectivity index (χ0n) is 10.9. The van der Waals surface area contributed by atoms with E-state index in [0.717, 1.165) is 0 Å². The minimum atomic E-state index is -1.34. The monoisotopic (exact) mass is 256 g/mol. The van der Waals surface area contributed by atoms with Crippen LogP contribution in [0.2, 0.25) is 0 Å². The highest BCUT2D eigenvalue weighted by Gasteiger charge is 2.50. The van der Waals surface area contributed by atoms with Gasteiger partial charge in [-0.25, -0.2) is 4.79 Å². The zero-order valence-corrected chi connectivity index (χ0v) is 10.9. The van der Waals surface area contributed by atoms with Gasteiger partial charge >= 0.3 is 6.03 Å². The molecule has 18 heavy (non-hydrogen) atoms. The molecule has 1 fully saturated rings. The number of urea groups is 1. The molecule has 0 aromatic carbocycles. The van der Waals surface area contributed by atoms with E-state index in [0.29, 0.717) is 18.8 Å². The number of aliphatic hydroxyl groups is 1. The summed E-state index contributed by atoms with van der Waals surface area (Å²) in [6.07, 6.45) is 0.217. The van der Waals surface area contributed by atoms with E-state index in [1.807, 2.05) is 13.8 Å². The molecule has 0 aliphatic carbocycles. The normalized spacial score (nSPS) is 20.6. The number of carbonyl (C=O) groups is 3. The summed E-state index contributed by atoms with van der Waals surface area (Å²) in [6.45, 7) is 5.49. The van der Waals surface area contributed by atoms with Crippen molar-refractivity contribution in [1.29, 1.82) is 0 Å². The quantitative estimate of drug-likeness (QED) is 0.626. The van der Waals surface area contributed by atoms with Gasteiger partial charge in [-0.2, -0.15) is 0 Å².